The quantitative estimate of drug-likeness (QED) is 0.455. The van der Waals surface area contributed by atoms with Crippen LogP contribution in [0.1, 0.15) is 28.4 Å². The van der Waals surface area contributed by atoms with E-state index in [0.29, 0.717) is 11.5 Å². The van der Waals surface area contributed by atoms with E-state index >= 15 is 0 Å². The monoisotopic (exact) mass is 423 g/mol. The highest BCUT2D eigenvalue weighted by atomic mass is 32.1. The topological polar surface area (TPSA) is 39.3 Å². The summed E-state index contributed by atoms with van der Waals surface area (Å²) >= 11 is 5.94. The number of para-hydroxylation sites is 1. The Bertz CT molecular complexity index is 1340. The molecule has 1 fully saturated rings. The van der Waals surface area contributed by atoms with Crippen LogP contribution < -0.4 is 4.90 Å². The van der Waals surface area contributed by atoms with E-state index in [2.05, 4.69) is 40.2 Å². The van der Waals surface area contributed by atoms with Gasteiger partial charge < -0.3 is 9.88 Å². The second kappa shape index (κ2) is 6.79. The number of fused-ring (bicyclic) bond motifs is 4. The van der Waals surface area contributed by atoms with Gasteiger partial charge in [-0.2, -0.15) is 0 Å². The first-order valence-corrected chi connectivity index (χ1v) is 10.9. The van der Waals surface area contributed by atoms with Gasteiger partial charge in [0.05, 0.1) is 11.7 Å². The molecular formula is C26H21N3OS. The van der Waals surface area contributed by atoms with Gasteiger partial charge in [0.2, 0.25) is 0 Å². The average Bonchev–Trinajstić information content (AvgIpc) is 3.28. The zero-order chi connectivity index (χ0) is 21.1. The number of aryl methyl sites for hydroxylation is 1. The third-order valence-corrected chi connectivity index (χ3v) is 6.82. The summed E-state index contributed by atoms with van der Waals surface area (Å²) in [5.41, 5.74) is 6.51. The summed E-state index contributed by atoms with van der Waals surface area (Å²) in [6, 6.07) is 26.2. The fourth-order valence-corrected chi connectivity index (χ4v) is 5.49. The van der Waals surface area contributed by atoms with Crippen molar-refractivity contribution in [1.82, 2.24) is 9.88 Å². The fraction of sp³-hybridized carbons (Fsp3) is 0.154. The molecule has 6 rings (SSSR count). The fourth-order valence-electron chi connectivity index (χ4n) is 5.06. The van der Waals surface area contributed by atoms with Crippen LogP contribution in [0.15, 0.2) is 78.9 Å². The van der Waals surface area contributed by atoms with Gasteiger partial charge in [-0.1, -0.05) is 60.7 Å². The molecule has 3 heterocycles. The van der Waals surface area contributed by atoms with Crippen LogP contribution in [0.5, 0.6) is 0 Å². The number of thiocarbonyl (C=S) groups is 1. The smallest absolute Gasteiger partial charge is 0.256 e. The molecule has 1 N–H and O–H groups in total. The highest BCUT2D eigenvalue weighted by Crippen LogP contribution is 2.44. The van der Waals surface area contributed by atoms with Crippen LogP contribution >= 0.6 is 12.2 Å². The van der Waals surface area contributed by atoms with Gasteiger partial charge in [-0.3, -0.25) is 9.69 Å². The van der Waals surface area contributed by atoms with Gasteiger partial charge in [-0.15, -0.1) is 0 Å². The lowest BCUT2D eigenvalue weighted by atomic mass is 9.89. The summed E-state index contributed by atoms with van der Waals surface area (Å²) in [5, 5.41) is 1.75. The van der Waals surface area contributed by atoms with Gasteiger partial charge in [0.15, 0.2) is 5.11 Å². The van der Waals surface area contributed by atoms with Crippen LogP contribution in [-0.2, 0) is 11.2 Å². The summed E-state index contributed by atoms with van der Waals surface area (Å²) in [7, 11) is 0. The van der Waals surface area contributed by atoms with Gasteiger partial charge in [-0.05, 0) is 54.0 Å². The lowest BCUT2D eigenvalue weighted by Crippen LogP contribution is -2.44. The van der Waals surface area contributed by atoms with E-state index in [1.54, 1.807) is 4.90 Å². The van der Waals surface area contributed by atoms with Gasteiger partial charge >= 0.3 is 0 Å². The van der Waals surface area contributed by atoms with Crippen LogP contribution in [-0.4, -0.2) is 26.9 Å². The van der Waals surface area contributed by atoms with E-state index < -0.39 is 0 Å². The third kappa shape index (κ3) is 2.66. The van der Waals surface area contributed by atoms with Crippen molar-refractivity contribution < 1.29 is 4.79 Å². The lowest BCUT2D eigenvalue weighted by Gasteiger charge is -2.37. The van der Waals surface area contributed by atoms with Gasteiger partial charge in [0.25, 0.3) is 5.91 Å². The first-order chi connectivity index (χ1) is 15.1. The Morgan fingerprint density at radius 1 is 0.968 bits per heavy atom. The molecule has 4 nitrogen and oxygen atoms in total. The predicted molar refractivity (Wildman–Crippen MR) is 127 cm³/mol. The number of rotatable bonds is 2. The molecule has 4 aromatic rings. The van der Waals surface area contributed by atoms with Crippen LogP contribution in [0.2, 0.25) is 0 Å². The molecule has 0 spiro atoms. The molecule has 152 valence electrons. The molecule has 2 aliphatic heterocycles. The van der Waals surface area contributed by atoms with Crippen molar-refractivity contribution in [2.24, 2.45) is 0 Å². The van der Waals surface area contributed by atoms with E-state index in [1.807, 2.05) is 55.5 Å². The molecule has 0 radical (unpaired) electrons. The molecule has 31 heavy (non-hydrogen) atoms. The zero-order valence-electron chi connectivity index (χ0n) is 17.1. The van der Waals surface area contributed by atoms with Crippen molar-refractivity contribution in [1.29, 1.82) is 0 Å². The predicted octanol–water partition coefficient (Wildman–Crippen LogP) is 5.12. The molecular weight excluding hydrogens is 402 g/mol. The lowest BCUT2D eigenvalue weighted by molar-refractivity contribution is -0.120. The molecule has 2 atom stereocenters. The van der Waals surface area contributed by atoms with Gasteiger partial charge in [0.1, 0.15) is 6.04 Å². The Morgan fingerprint density at radius 2 is 1.74 bits per heavy atom. The van der Waals surface area contributed by atoms with Gasteiger partial charge in [-0.25, -0.2) is 0 Å². The van der Waals surface area contributed by atoms with Crippen molar-refractivity contribution in [3.8, 4) is 0 Å². The number of aromatic amines is 1. The van der Waals surface area contributed by atoms with Crippen LogP contribution in [0.3, 0.4) is 0 Å². The van der Waals surface area contributed by atoms with E-state index in [0.717, 1.165) is 28.0 Å². The molecule has 0 aliphatic carbocycles. The first kappa shape index (κ1) is 18.3. The average molecular weight is 424 g/mol. The van der Waals surface area contributed by atoms with Crippen LogP contribution in [0, 0.1) is 6.92 Å². The second-order valence-corrected chi connectivity index (χ2v) is 8.66. The minimum atomic E-state index is -0.315. The Labute approximate surface area is 186 Å². The van der Waals surface area contributed by atoms with Crippen LogP contribution in [0.25, 0.3) is 10.9 Å². The molecule has 1 amide bonds. The van der Waals surface area contributed by atoms with Crippen molar-refractivity contribution in [3.63, 3.8) is 0 Å². The number of nitrogens with one attached hydrogen (secondary N) is 1. The number of anilines is 1. The van der Waals surface area contributed by atoms with Crippen molar-refractivity contribution in [2.75, 3.05) is 4.90 Å². The third-order valence-electron chi connectivity index (χ3n) is 6.42. The summed E-state index contributed by atoms with van der Waals surface area (Å²) in [5.74, 6) is 0.0486. The largest absolute Gasteiger partial charge is 0.356 e. The maximum atomic E-state index is 13.7. The molecule has 0 unspecified atom stereocenters. The number of amides is 1. The molecule has 2 aliphatic rings. The number of hydrogen-bond acceptors (Lipinski definition) is 2. The highest BCUT2D eigenvalue weighted by molar-refractivity contribution is 7.80. The van der Waals surface area contributed by atoms with E-state index in [4.69, 9.17) is 12.2 Å². The Balaban J connectivity index is 1.55. The van der Waals surface area contributed by atoms with Gasteiger partial charge in [0, 0.05) is 23.0 Å². The van der Waals surface area contributed by atoms with E-state index in [-0.39, 0.29) is 18.0 Å². The molecule has 0 saturated carbocycles. The number of H-pyrrole nitrogens is 1. The second-order valence-electron chi connectivity index (χ2n) is 8.30. The highest BCUT2D eigenvalue weighted by Gasteiger charge is 2.50. The standard InChI is InChI=1S/C26H21N3OS/c1-16-8-7-11-18(14-16)28-25(30)22-15-20-19-12-5-6-13-21(19)27-23(20)24(29(22)26(28)31)17-9-3-2-4-10-17/h2-14,22,24,27H,15H2,1H3/t22-,24-/m1/s1. The normalized spacial score (nSPS) is 20.3. The summed E-state index contributed by atoms with van der Waals surface area (Å²) in [6.07, 6.45) is 0.643. The Morgan fingerprint density at radius 3 is 2.55 bits per heavy atom. The first-order valence-electron chi connectivity index (χ1n) is 10.5. The van der Waals surface area contributed by atoms with Crippen molar-refractivity contribution in [3.05, 3.63) is 101 Å². The minimum Gasteiger partial charge on any atom is -0.356 e. The molecule has 3 aromatic carbocycles. The molecule has 1 saturated heterocycles. The molecule has 0 bridgehead atoms. The number of nitrogens with zero attached hydrogens (tertiary/aromatic N) is 2. The van der Waals surface area contributed by atoms with E-state index in [9.17, 15) is 4.79 Å². The summed E-state index contributed by atoms with van der Waals surface area (Å²) in [4.78, 5) is 21.2. The Hall–Kier alpha value is -3.44. The number of carbonyl (C=O) groups is 1. The number of benzene rings is 3. The Kier molecular flexibility index (Phi) is 4.02. The number of aromatic nitrogens is 1. The van der Waals surface area contributed by atoms with Crippen molar-refractivity contribution >= 4 is 39.8 Å². The maximum absolute atomic E-state index is 13.7. The summed E-state index contributed by atoms with van der Waals surface area (Å²) in [6.45, 7) is 2.03. The molecule has 5 heteroatoms. The molecule has 1 aromatic heterocycles. The van der Waals surface area contributed by atoms with E-state index in [1.165, 1.54) is 10.9 Å². The van der Waals surface area contributed by atoms with Crippen molar-refractivity contribution in [2.45, 2.75) is 25.4 Å². The number of carbonyl (C=O) groups excluding carboxylic acids is 1. The summed E-state index contributed by atoms with van der Waals surface area (Å²) < 4.78 is 0. The minimum absolute atomic E-state index is 0.0486. The zero-order valence-corrected chi connectivity index (χ0v) is 17.9. The maximum Gasteiger partial charge on any atom is 0.256 e. The SMILES string of the molecule is Cc1cccc(N2C(=O)[C@H]3Cc4c([nH]c5ccccc45)[C@@H](c4ccccc4)N3C2=S)c1. The number of hydrogen-bond donors (Lipinski definition) is 1. The van der Waals surface area contributed by atoms with Crippen LogP contribution in [0.4, 0.5) is 5.69 Å².